The highest BCUT2D eigenvalue weighted by atomic mass is 32.2. The Morgan fingerprint density at radius 1 is 1.10 bits per heavy atom. The van der Waals surface area contributed by atoms with Gasteiger partial charge in [-0.15, -0.1) is 0 Å². The SMILES string of the molecule is COc1cc(CS(=O)(=O)CC(=O)O)cc(OC)c1OC. The molecule has 1 aromatic rings. The molecular formula is C12H16O7S. The van der Waals surface area contributed by atoms with E-state index in [4.69, 9.17) is 19.3 Å². The Balaban J connectivity index is 3.17. The molecule has 0 unspecified atom stereocenters. The summed E-state index contributed by atoms with van der Waals surface area (Å²) in [4.78, 5) is 10.5. The Morgan fingerprint density at radius 3 is 1.95 bits per heavy atom. The van der Waals surface area contributed by atoms with Crippen molar-refractivity contribution < 1.29 is 32.5 Å². The number of carbonyl (C=O) groups is 1. The standard InChI is InChI=1S/C12H16O7S/c1-17-9-4-8(5-10(18-2)12(9)19-3)6-20(15,16)7-11(13)14/h4-5H,6-7H2,1-3H3,(H,13,14). The number of aliphatic carboxylic acids is 1. The van der Waals surface area contributed by atoms with Gasteiger partial charge in [-0.1, -0.05) is 0 Å². The Labute approximate surface area is 117 Å². The number of ether oxygens (including phenoxy) is 3. The Morgan fingerprint density at radius 2 is 1.60 bits per heavy atom. The number of methoxy groups -OCH3 is 3. The van der Waals surface area contributed by atoms with Gasteiger partial charge in [-0.3, -0.25) is 4.79 Å². The van der Waals surface area contributed by atoms with Crippen LogP contribution in [0.25, 0.3) is 0 Å². The fraction of sp³-hybridized carbons (Fsp3) is 0.417. The molecule has 1 rings (SSSR count). The van der Waals surface area contributed by atoms with Crippen molar-refractivity contribution in [2.24, 2.45) is 0 Å². The van der Waals surface area contributed by atoms with Crippen LogP contribution >= 0.6 is 0 Å². The summed E-state index contributed by atoms with van der Waals surface area (Å²) in [5, 5.41) is 8.56. The van der Waals surface area contributed by atoms with E-state index in [1.165, 1.54) is 33.5 Å². The van der Waals surface area contributed by atoms with Gasteiger partial charge in [0.2, 0.25) is 5.75 Å². The smallest absolute Gasteiger partial charge is 0.318 e. The van der Waals surface area contributed by atoms with Crippen LogP contribution in [-0.4, -0.2) is 46.6 Å². The van der Waals surface area contributed by atoms with Crippen molar-refractivity contribution in [3.05, 3.63) is 17.7 Å². The third-order valence-electron chi connectivity index (χ3n) is 2.45. The molecule has 20 heavy (non-hydrogen) atoms. The minimum atomic E-state index is -3.75. The van der Waals surface area contributed by atoms with Crippen LogP contribution in [0.5, 0.6) is 17.2 Å². The van der Waals surface area contributed by atoms with Gasteiger partial charge in [0.15, 0.2) is 21.3 Å². The minimum absolute atomic E-state index is 0.312. The van der Waals surface area contributed by atoms with Crippen LogP contribution in [0.3, 0.4) is 0 Å². The van der Waals surface area contributed by atoms with E-state index in [2.05, 4.69) is 0 Å². The zero-order chi connectivity index (χ0) is 15.3. The molecule has 0 bridgehead atoms. The minimum Gasteiger partial charge on any atom is -0.493 e. The number of hydrogen-bond acceptors (Lipinski definition) is 6. The summed E-state index contributed by atoms with van der Waals surface area (Å²) in [5.74, 6) is -1.77. The van der Waals surface area contributed by atoms with Crippen LogP contribution in [0.15, 0.2) is 12.1 Å². The second kappa shape index (κ2) is 6.47. The van der Waals surface area contributed by atoms with Crippen molar-refractivity contribution in [1.29, 1.82) is 0 Å². The second-order valence-electron chi connectivity index (χ2n) is 3.96. The van der Waals surface area contributed by atoms with Gasteiger partial charge in [-0.2, -0.15) is 0 Å². The summed E-state index contributed by atoms with van der Waals surface area (Å²) in [5.41, 5.74) is 0.362. The molecule has 0 fully saturated rings. The van der Waals surface area contributed by atoms with Crippen molar-refractivity contribution in [2.45, 2.75) is 5.75 Å². The predicted molar refractivity (Wildman–Crippen MR) is 71.2 cm³/mol. The Hall–Kier alpha value is -1.96. The highest BCUT2D eigenvalue weighted by molar-refractivity contribution is 7.91. The fourth-order valence-electron chi connectivity index (χ4n) is 1.71. The molecule has 8 heteroatoms. The number of carboxylic acid groups (broad SMARTS) is 1. The molecule has 0 saturated carbocycles. The molecule has 0 aromatic heterocycles. The first-order chi connectivity index (χ1) is 9.32. The lowest BCUT2D eigenvalue weighted by Gasteiger charge is -2.14. The maximum Gasteiger partial charge on any atom is 0.318 e. The van der Waals surface area contributed by atoms with E-state index in [-0.39, 0.29) is 0 Å². The number of sulfone groups is 1. The Kier molecular flexibility index (Phi) is 5.20. The average molecular weight is 304 g/mol. The van der Waals surface area contributed by atoms with E-state index in [0.717, 1.165) is 0 Å². The van der Waals surface area contributed by atoms with Gasteiger partial charge in [0, 0.05) is 0 Å². The van der Waals surface area contributed by atoms with E-state index >= 15 is 0 Å². The van der Waals surface area contributed by atoms with Crippen LogP contribution in [0.2, 0.25) is 0 Å². The van der Waals surface area contributed by atoms with E-state index in [0.29, 0.717) is 22.8 Å². The van der Waals surface area contributed by atoms with Gasteiger partial charge in [-0.25, -0.2) is 8.42 Å². The van der Waals surface area contributed by atoms with Gasteiger partial charge in [0.1, 0.15) is 5.75 Å². The zero-order valence-electron chi connectivity index (χ0n) is 11.4. The van der Waals surface area contributed by atoms with Crippen molar-refractivity contribution in [1.82, 2.24) is 0 Å². The van der Waals surface area contributed by atoms with Gasteiger partial charge < -0.3 is 19.3 Å². The topological polar surface area (TPSA) is 99.1 Å². The summed E-state index contributed by atoms with van der Waals surface area (Å²) in [7, 11) is 0.496. The third kappa shape index (κ3) is 4.02. The normalized spacial score (nSPS) is 10.9. The van der Waals surface area contributed by atoms with Crippen molar-refractivity contribution in [3.63, 3.8) is 0 Å². The van der Waals surface area contributed by atoms with E-state index in [1.54, 1.807) is 0 Å². The van der Waals surface area contributed by atoms with E-state index in [9.17, 15) is 13.2 Å². The van der Waals surface area contributed by atoms with Gasteiger partial charge >= 0.3 is 5.97 Å². The summed E-state index contributed by atoms with van der Waals surface area (Å²) >= 11 is 0. The lowest BCUT2D eigenvalue weighted by molar-refractivity contribution is -0.134. The summed E-state index contributed by atoms with van der Waals surface area (Å²) < 4.78 is 38.7. The second-order valence-corrected chi connectivity index (χ2v) is 6.02. The maximum absolute atomic E-state index is 11.7. The molecule has 0 saturated heterocycles. The lowest BCUT2D eigenvalue weighted by Crippen LogP contribution is -2.17. The van der Waals surface area contributed by atoms with Crippen LogP contribution < -0.4 is 14.2 Å². The molecule has 1 aromatic carbocycles. The number of rotatable bonds is 7. The fourth-order valence-corrected chi connectivity index (χ4v) is 2.86. The van der Waals surface area contributed by atoms with Crippen LogP contribution in [0.1, 0.15) is 5.56 Å². The van der Waals surface area contributed by atoms with Gasteiger partial charge in [0.25, 0.3) is 0 Å². The maximum atomic E-state index is 11.7. The molecule has 7 nitrogen and oxygen atoms in total. The summed E-state index contributed by atoms with van der Waals surface area (Å²) in [6, 6.07) is 2.95. The van der Waals surface area contributed by atoms with Crippen molar-refractivity contribution in [3.8, 4) is 17.2 Å². The summed E-state index contributed by atoms with van der Waals surface area (Å²) in [6.07, 6.45) is 0. The van der Waals surface area contributed by atoms with Crippen molar-refractivity contribution >= 4 is 15.8 Å². The Bertz CT molecular complexity index is 567. The predicted octanol–water partition coefficient (Wildman–Crippen LogP) is 0.712. The number of carboxylic acids is 1. The average Bonchev–Trinajstić information content (AvgIpc) is 2.35. The molecule has 0 aliphatic carbocycles. The highest BCUT2D eigenvalue weighted by Gasteiger charge is 2.20. The van der Waals surface area contributed by atoms with E-state index < -0.39 is 27.3 Å². The molecule has 1 N–H and O–H groups in total. The van der Waals surface area contributed by atoms with Crippen LogP contribution in [-0.2, 0) is 20.4 Å². The van der Waals surface area contributed by atoms with Gasteiger partial charge in [0.05, 0.1) is 27.1 Å². The lowest BCUT2D eigenvalue weighted by atomic mass is 10.2. The first-order valence-electron chi connectivity index (χ1n) is 5.54. The zero-order valence-corrected chi connectivity index (χ0v) is 12.2. The van der Waals surface area contributed by atoms with E-state index in [1.807, 2.05) is 0 Å². The first-order valence-corrected chi connectivity index (χ1v) is 7.36. The monoisotopic (exact) mass is 304 g/mol. The molecule has 0 atom stereocenters. The molecule has 112 valence electrons. The third-order valence-corrected chi connectivity index (χ3v) is 3.91. The molecule has 0 heterocycles. The largest absolute Gasteiger partial charge is 0.493 e. The number of hydrogen-bond donors (Lipinski definition) is 1. The molecule has 0 radical (unpaired) electrons. The number of benzene rings is 1. The summed E-state index contributed by atoms with van der Waals surface area (Å²) in [6.45, 7) is 0. The van der Waals surface area contributed by atoms with Gasteiger partial charge in [-0.05, 0) is 17.7 Å². The van der Waals surface area contributed by atoms with Crippen molar-refractivity contribution in [2.75, 3.05) is 27.1 Å². The first kappa shape index (κ1) is 16.1. The molecule has 0 spiro atoms. The quantitative estimate of drug-likeness (QED) is 0.792. The molecule has 0 amide bonds. The van der Waals surface area contributed by atoms with Crippen LogP contribution in [0.4, 0.5) is 0 Å². The highest BCUT2D eigenvalue weighted by Crippen LogP contribution is 2.38. The molecule has 0 aliphatic rings. The molecular weight excluding hydrogens is 288 g/mol. The van der Waals surface area contributed by atoms with Crippen LogP contribution in [0, 0.1) is 0 Å². The molecule has 0 aliphatic heterocycles.